The molecule has 4 aromatic carbocycles. The van der Waals surface area contributed by atoms with E-state index in [1.54, 1.807) is 59.5 Å². The Bertz CT molecular complexity index is 2170. The average Bonchev–Trinajstić information content (AvgIpc) is 3.19. The summed E-state index contributed by atoms with van der Waals surface area (Å²) in [7, 11) is 0. The van der Waals surface area contributed by atoms with Gasteiger partial charge in [0.1, 0.15) is 11.5 Å². The number of rotatable bonds is 14. The third-order valence-corrected chi connectivity index (χ3v) is 9.71. The van der Waals surface area contributed by atoms with Crippen LogP contribution in [0.4, 0.5) is 0 Å². The summed E-state index contributed by atoms with van der Waals surface area (Å²) in [5.41, 5.74) is 0.0689. The maximum atomic E-state index is 13.0. The van der Waals surface area contributed by atoms with E-state index < -0.39 is 17.7 Å². The highest BCUT2D eigenvalue weighted by Gasteiger charge is 2.40. The first-order valence-corrected chi connectivity index (χ1v) is 17.7. The predicted octanol–water partition coefficient (Wildman–Crippen LogP) is 3.22. The Hall–Kier alpha value is -6.02. The van der Waals surface area contributed by atoms with Gasteiger partial charge in [-0.15, -0.1) is 0 Å². The number of phenolic OH excluding ortho intramolecular Hbond substituents is 1. The topological polar surface area (TPSA) is 202 Å². The van der Waals surface area contributed by atoms with Gasteiger partial charge in [0.05, 0.1) is 11.6 Å². The quantitative estimate of drug-likeness (QED) is 0.0831. The lowest BCUT2D eigenvalue weighted by atomic mass is 9.86. The minimum Gasteiger partial charge on any atom is -0.506 e. The van der Waals surface area contributed by atoms with Crippen molar-refractivity contribution in [2.75, 3.05) is 32.8 Å². The van der Waals surface area contributed by atoms with Gasteiger partial charge in [0.15, 0.2) is 6.61 Å². The highest BCUT2D eigenvalue weighted by atomic mass is 16.5. The number of carboxylic acid groups (broad SMARTS) is 1. The number of aromatic hydroxyl groups is 1. The van der Waals surface area contributed by atoms with E-state index in [0.717, 1.165) is 5.56 Å². The highest BCUT2D eigenvalue weighted by molar-refractivity contribution is 5.94. The molecule has 6 rings (SSSR count). The molecule has 0 aliphatic carbocycles. The molecule has 13 heteroatoms. The van der Waals surface area contributed by atoms with Gasteiger partial charge in [0.25, 0.3) is 11.8 Å². The van der Waals surface area contributed by atoms with Crippen molar-refractivity contribution >= 4 is 28.7 Å². The standard InChI is InChI=1S/C41H42N4O9/c46-34-15-13-32(33-14-16-36(48)44-38(33)34)35(47)24-42-20-17-26-9-11-27(12-10-26)39(50)43-30-18-21-45(22-19-30)37(49)25-54-31-8-4-7-29(23-31)41(53,40(51)52)28-5-2-1-3-6-28/h1-16,23,30,35,42,46-47,53H,17-22,24-25H2,(H,43,50)(H,44,48)(H,51,52). The molecule has 0 bridgehead atoms. The average molecular weight is 735 g/mol. The van der Waals surface area contributed by atoms with Gasteiger partial charge in [-0.3, -0.25) is 14.4 Å². The lowest BCUT2D eigenvalue weighted by Crippen LogP contribution is -2.47. The van der Waals surface area contributed by atoms with Crippen LogP contribution in [0, 0.1) is 0 Å². The fourth-order valence-corrected chi connectivity index (χ4v) is 6.64. The van der Waals surface area contributed by atoms with Crippen molar-refractivity contribution in [3.63, 3.8) is 0 Å². The first-order chi connectivity index (χ1) is 26.0. The van der Waals surface area contributed by atoms with Crippen LogP contribution in [0.3, 0.4) is 0 Å². The molecule has 1 saturated heterocycles. The molecule has 1 fully saturated rings. The number of H-pyrrole nitrogens is 1. The number of carboxylic acids is 1. The number of carbonyl (C=O) groups excluding carboxylic acids is 2. The van der Waals surface area contributed by atoms with Gasteiger partial charge < -0.3 is 45.7 Å². The minimum absolute atomic E-state index is 0.0642. The number of aromatic amines is 1. The molecule has 1 aromatic heterocycles. The number of benzene rings is 4. The number of amides is 2. The zero-order valence-electron chi connectivity index (χ0n) is 29.4. The van der Waals surface area contributed by atoms with Gasteiger partial charge >= 0.3 is 5.97 Å². The molecule has 13 nitrogen and oxygen atoms in total. The second kappa shape index (κ2) is 16.8. The SMILES string of the molecule is O=C(NC1CCN(C(=O)COc2cccc(C(O)(C(=O)O)c3ccccc3)c2)CC1)c1ccc(CCNCC(O)c2ccc(O)c3[nH]c(=O)ccc23)cc1. The number of carbonyl (C=O) groups is 3. The van der Waals surface area contributed by atoms with Crippen LogP contribution in [-0.4, -0.2) is 86.9 Å². The van der Waals surface area contributed by atoms with Crippen LogP contribution < -0.4 is 20.9 Å². The van der Waals surface area contributed by atoms with Crippen molar-refractivity contribution in [2.24, 2.45) is 0 Å². The second-order valence-electron chi connectivity index (χ2n) is 13.3. The zero-order chi connectivity index (χ0) is 38.2. The van der Waals surface area contributed by atoms with E-state index in [1.807, 2.05) is 12.1 Å². The molecule has 0 saturated carbocycles. The third kappa shape index (κ3) is 8.60. The summed E-state index contributed by atoms with van der Waals surface area (Å²) < 4.78 is 5.71. The number of piperidine rings is 1. The number of aromatic nitrogens is 1. The maximum absolute atomic E-state index is 13.0. The number of aliphatic hydroxyl groups excluding tert-OH is 1. The maximum Gasteiger partial charge on any atom is 0.345 e. The Morgan fingerprint density at radius 2 is 1.63 bits per heavy atom. The van der Waals surface area contributed by atoms with Crippen LogP contribution in [0.15, 0.2) is 108 Å². The summed E-state index contributed by atoms with van der Waals surface area (Å²) in [4.78, 5) is 54.0. The highest BCUT2D eigenvalue weighted by Crippen LogP contribution is 2.32. The van der Waals surface area contributed by atoms with Gasteiger partial charge in [0.2, 0.25) is 11.2 Å². The molecule has 7 N–H and O–H groups in total. The summed E-state index contributed by atoms with van der Waals surface area (Å²) in [5, 5.41) is 48.7. The molecule has 2 heterocycles. The number of hydrogen-bond acceptors (Lipinski definition) is 9. The van der Waals surface area contributed by atoms with Crippen molar-refractivity contribution in [2.45, 2.75) is 37.0 Å². The van der Waals surface area contributed by atoms with Crippen LogP contribution in [0.5, 0.6) is 11.5 Å². The molecule has 2 unspecified atom stereocenters. The fraction of sp³-hybridized carbons (Fsp3) is 0.268. The molecule has 280 valence electrons. The van der Waals surface area contributed by atoms with E-state index in [-0.39, 0.29) is 64.7 Å². The fourth-order valence-electron chi connectivity index (χ4n) is 6.64. The number of ether oxygens (including phenoxy) is 1. The number of fused-ring (bicyclic) bond motifs is 1. The van der Waals surface area contributed by atoms with Crippen molar-refractivity contribution in [3.05, 3.63) is 141 Å². The van der Waals surface area contributed by atoms with Crippen LogP contribution in [0.1, 0.15) is 51.6 Å². The van der Waals surface area contributed by atoms with Gasteiger partial charge in [-0.25, -0.2) is 4.79 Å². The summed E-state index contributed by atoms with van der Waals surface area (Å²) in [6, 6.07) is 27.3. The summed E-state index contributed by atoms with van der Waals surface area (Å²) >= 11 is 0. The summed E-state index contributed by atoms with van der Waals surface area (Å²) in [6.07, 6.45) is 0.951. The first kappa shape index (κ1) is 37.7. The minimum atomic E-state index is -2.29. The van der Waals surface area contributed by atoms with Gasteiger partial charge in [0, 0.05) is 48.3 Å². The van der Waals surface area contributed by atoms with E-state index in [1.165, 1.54) is 36.4 Å². The number of phenols is 1. The Morgan fingerprint density at radius 1 is 0.907 bits per heavy atom. The smallest absolute Gasteiger partial charge is 0.345 e. The zero-order valence-corrected chi connectivity index (χ0v) is 29.4. The predicted molar refractivity (Wildman–Crippen MR) is 200 cm³/mol. The monoisotopic (exact) mass is 734 g/mol. The largest absolute Gasteiger partial charge is 0.506 e. The number of aliphatic carboxylic acids is 1. The summed E-state index contributed by atoms with van der Waals surface area (Å²) in [5.74, 6) is -1.69. The van der Waals surface area contributed by atoms with Crippen molar-refractivity contribution in [1.29, 1.82) is 0 Å². The van der Waals surface area contributed by atoms with Crippen LogP contribution in [-0.2, 0) is 21.6 Å². The Morgan fingerprint density at radius 3 is 2.35 bits per heavy atom. The Labute approximate surface area is 310 Å². The molecular weight excluding hydrogens is 692 g/mol. The van der Waals surface area contributed by atoms with E-state index in [4.69, 9.17) is 4.74 Å². The molecular formula is C41H42N4O9. The number of hydrogen-bond donors (Lipinski definition) is 7. The van der Waals surface area contributed by atoms with E-state index in [9.17, 15) is 39.6 Å². The van der Waals surface area contributed by atoms with Gasteiger partial charge in [-0.2, -0.15) is 0 Å². The first-order valence-electron chi connectivity index (χ1n) is 17.7. The van der Waals surface area contributed by atoms with Crippen LogP contribution in [0.25, 0.3) is 10.9 Å². The molecule has 0 spiro atoms. The Balaban J connectivity index is 0.921. The number of pyridine rings is 1. The molecule has 0 radical (unpaired) electrons. The molecule has 1 aliphatic heterocycles. The number of nitrogens with one attached hydrogen (secondary N) is 3. The normalized spacial score (nSPS) is 15.0. The number of aliphatic hydroxyl groups is 2. The van der Waals surface area contributed by atoms with E-state index >= 15 is 0 Å². The number of nitrogens with zero attached hydrogens (tertiary/aromatic N) is 1. The van der Waals surface area contributed by atoms with E-state index in [2.05, 4.69) is 15.6 Å². The lowest BCUT2D eigenvalue weighted by Gasteiger charge is -2.32. The lowest BCUT2D eigenvalue weighted by molar-refractivity contribution is -0.155. The van der Waals surface area contributed by atoms with Gasteiger partial charge in [-0.1, -0.05) is 60.7 Å². The molecule has 54 heavy (non-hydrogen) atoms. The second-order valence-corrected chi connectivity index (χ2v) is 13.3. The molecule has 2 amide bonds. The Kier molecular flexibility index (Phi) is 11.7. The van der Waals surface area contributed by atoms with Crippen molar-refractivity contribution < 1.29 is 39.5 Å². The number of likely N-dealkylation sites (tertiary alicyclic amines) is 1. The molecule has 2 atom stereocenters. The molecule has 5 aromatic rings. The van der Waals surface area contributed by atoms with E-state index in [0.29, 0.717) is 55.4 Å². The summed E-state index contributed by atoms with van der Waals surface area (Å²) in [6.45, 7) is 1.44. The van der Waals surface area contributed by atoms with Crippen molar-refractivity contribution in [3.8, 4) is 11.5 Å². The van der Waals surface area contributed by atoms with Crippen LogP contribution >= 0.6 is 0 Å². The van der Waals surface area contributed by atoms with Crippen molar-refractivity contribution in [1.82, 2.24) is 20.5 Å². The van der Waals surface area contributed by atoms with Crippen LogP contribution in [0.2, 0.25) is 0 Å². The third-order valence-electron chi connectivity index (χ3n) is 9.71. The van der Waals surface area contributed by atoms with Gasteiger partial charge in [-0.05, 0) is 78.9 Å². The molecule has 1 aliphatic rings.